The molecule has 3 heterocycles. The van der Waals surface area contributed by atoms with E-state index in [-0.39, 0.29) is 5.91 Å². The molecule has 1 amide bonds. The zero-order chi connectivity index (χ0) is 20.8. The van der Waals surface area contributed by atoms with Crippen LogP contribution in [-0.4, -0.2) is 38.8 Å². The number of benzene rings is 2. The van der Waals surface area contributed by atoms with E-state index in [0.29, 0.717) is 35.6 Å². The molecule has 1 saturated heterocycles. The number of aromatic nitrogens is 3. The predicted octanol–water partition coefficient (Wildman–Crippen LogP) is 5.02. The van der Waals surface area contributed by atoms with Crippen LogP contribution >= 0.6 is 11.3 Å². The maximum atomic E-state index is 14.2. The van der Waals surface area contributed by atoms with Gasteiger partial charge in [-0.3, -0.25) is 4.79 Å². The molecule has 30 heavy (non-hydrogen) atoms. The monoisotopic (exact) mass is 420 g/mol. The fourth-order valence-corrected chi connectivity index (χ4v) is 5.16. The third-order valence-corrected chi connectivity index (χ3v) is 7.02. The molecule has 5 nitrogen and oxygen atoms in total. The van der Waals surface area contributed by atoms with Crippen molar-refractivity contribution in [3.8, 4) is 0 Å². The molecule has 1 aliphatic heterocycles. The summed E-state index contributed by atoms with van der Waals surface area (Å²) in [6.45, 7) is 4.93. The van der Waals surface area contributed by atoms with Gasteiger partial charge in [0.15, 0.2) is 0 Å². The molecule has 4 aromatic rings. The second-order valence-corrected chi connectivity index (χ2v) is 8.86. The number of fused-ring (bicyclic) bond motifs is 2. The van der Waals surface area contributed by atoms with E-state index in [1.54, 1.807) is 16.2 Å². The summed E-state index contributed by atoms with van der Waals surface area (Å²) in [6, 6.07) is 10.8. The SMILES string of the molecule is Cc1nc2cc(F)cc(C(=O)N3CCC(c4nc5ccccc5s4)CC3)c2nc1C. The highest BCUT2D eigenvalue weighted by molar-refractivity contribution is 7.18. The van der Waals surface area contributed by atoms with Gasteiger partial charge in [0.05, 0.1) is 37.7 Å². The van der Waals surface area contributed by atoms with Crippen molar-refractivity contribution in [2.45, 2.75) is 32.6 Å². The number of nitrogens with zero attached hydrogens (tertiary/aromatic N) is 4. The summed E-state index contributed by atoms with van der Waals surface area (Å²) in [6.07, 6.45) is 1.70. The van der Waals surface area contributed by atoms with Crippen molar-refractivity contribution >= 4 is 38.5 Å². The van der Waals surface area contributed by atoms with Crippen LogP contribution in [0.5, 0.6) is 0 Å². The van der Waals surface area contributed by atoms with Gasteiger partial charge in [-0.15, -0.1) is 11.3 Å². The van der Waals surface area contributed by atoms with Crippen LogP contribution in [0, 0.1) is 19.7 Å². The van der Waals surface area contributed by atoms with Crippen molar-refractivity contribution in [2.24, 2.45) is 0 Å². The first-order chi connectivity index (χ1) is 14.5. The molecule has 0 atom stereocenters. The van der Waals surface area contributed by atoms with E-state index in [9.17, 15) is 9.18 Å². The number of amides is 1. The van der Waals surface area contributed by atoms with Gasteiger partial charge in [-0.25, -0.2) is 19.3 Å². The first-order valence-corrected chi connectivity index (χ1v) is 10.9. The van der Waals surface area contributed by atoms with Gasteiger partial charge in [-0.2, -0.15) is 0 Å². The van der Waals surface area contributed by atoms with E-state index in [2.05, 4.69) is 16.0 Å². The molecular weight excluding hydrogens is 399 g/mol. The average molecular weight is 421 g/mol. The summed E-state index contributed by atoms with van der Waals surface area (Å²) in [7, 11) is 0. The zero-order valence-corrected chi connectivity index (χ0v) is 17.7. The van der Waals surface area contributed by atoms with E-state index < -0.39 is 5.82 Å². The molecule has 1 fully saturated rings. The summed E-state index contributed by atoms with van der Waals surface area (Å²) in [4.78, 5) is 28.8. The number of hydrogen-bond acceptors (Lipinski definition) is 5. The zero-order valence-electron chi connectivity index (χ0n) is 16.9. The van der Waals surface area contributed by atoms with Crippen LogP contribution in [0.25, 0.3) is 21.3 Å². The molecule has 0 radical (unpaired) electrons. The van der Waals surface area contributed by atoms with E-state index in [0.717, 1.165) is 34.8 Å². The van der Waals surface area contributed by atoms with Crippen LogP contribution in [-0.2, 0) is 0 Å². The Morgan fingerprint density at radius 1 is 1.03 bits per heavy atom. The molecule has 5 rings (SSSR count). The topological polar surface area (TPSA) is 59.0 Å². The number of halogens is 1. The summed E-state index contributed by atoms with van der Waals surface area (Å²) >= 11 is 1.73. The first-order valence-electron chi connectivity index (χ1n) is 10.1. The van der Waals surface area contributed by atoms with Gasteiger partial charge in [0.1, 0.15) is 11.3 Å². The van der Waals surface area contributed by atoms with E-state index in [1.165, 1.54) is 16.8 Å². The molecule has 0 saturated carbocycles. The van der Waals surface area contributed by atoms with Gasteiger partial charge >= 0.3 is 0 Å². The summed E-state index contributed by atoms with van der Waals surface area (Å²) in [5.74, 6) is -0.298. The van der Waals surface area contributed by atoms with Gasteiger partial charge in [0.2, 0.25) is 0 Å². The number of para-hydroxylation sites is 1. The Labute approximate surface area is 177 Å². The molecule has 0 bridgehead atoms. The molecule has 2 aromatic heterocycles. The van der Waals surface area contributed by atoms with Crippen LogP contribution in [0.4, 0.5) is 4.39 Å². The highest BCUT2D eigenvalue weighted by Gasteiger charge is 2.28. The molecule has 0 unspecified atom stereocenters. The number of carbonyl (C=O) groups excluding carboxylic acids is 1. The first kappa shape index (κ1) is 19.1. The molecule has 0 aliphatic carbocycles. The van der Waals surface area contributed by atoms with Crippen LogP contribution in [0.15, 0.2) is 36.4 Å². The Hall–Kier alpha value is -2.93. The third-order valence-electron chi connectivity index (χ3n) is 5.82. The van der Waals surface area contributed by atoms with Gasteiger partial charge in [0, 0.05) is 25.1 Å². The minimum atomic E-state index is -0.465. The highest BCUT2D eigenvalue weighted by atomic mass is 32.1. The molecule has 152 valence electrons. The van der Waals surface area contributed by atoms with Crippen LogP contribution in [0.2, 0.25) is 0 Å². The van der Waals surface area contributed by atoms with Gasteiger partial charge in [0.25, 0.3) is 5.91 Å². The number of piperidine rings is 1. The van der Waals surface area contributed by atoms with Crippen molar-refractivity contribution in [3.63, 3.8) is 0 Å². The van der Waals surface area contributed by atoms with Crippen molar-refractivity contribution in [3.05, 3.63) is 64.2 Å². The van der Waals surface area contributed by atoms with Gasteiger partial charge in [-0.1, -0.05) is 12.1 Å². The number of likely N-dealkylation sites (tertiary alicyclic amines) is 1. The fourth-order valence-electron chi connectivity index (χ4n) is 4.03. The smallest absolute Gasteiger partial charge is 0.256 e. The lowest BCUT2D eigenvalue weighted by Crippen LogP contribution is -2.38. The minimum Gasteiger partial charge on any atom is -0.339 e. The van der Waals surface area contributed by atoms with Crippen LogP contribution in [0.3, 0.4) is 0 Å². The Morgan fingerprint density at radius 2 is 1.77 bits per heavy atom. The predicted molar refractivity (Wildman–Crippen MR) is 116 cm³/mol. The standard InChI is InChI=1S/C23H21FN4OS/c1-13-14(2)26-21-17(11-16(24)12-19(21)25-13)23(29)28-9-7-15(8-10-28)22-27-18-5-3-4-6-20(18)30-22/h3-6,11-12,15H,7-10H2,1-2H3. The van der Waals surface area contributed by atoms with Crippen LogP contribution < -0.4 is 0 Å². The fraction of sp³-hybridized carbons (Fsp3) is 0.304. The van der Waals surface area contributed by atoms with Crippen molar-refractivity contribution in [1.82, 2.24) is 19.9 Å². The summed E-state index contributed by atoms with van der Waals surface area (Å²) in [5, 5.41) is 1.14. The van der Waals surface area contributed by atoms with Crippen LogP contribution in [0.1, 0.15) is 45.5 Å². The lowest BCUT2D eigenvalue weighted by atomic mass is 9.96. The maximum absolute atomic E-state index is 14.2. The van der Waals surface area contributed by atoms with Crippen molar-refractivity contribution in [2.75, 3.05) is 13.1 Å². The van der Waals surface area contributed by atoms with Crippen molar-refractivity contribution < 1.29 is 9.18 Å². The normalized spacial score (nSPS) is 15.2. The second kappa shape index (κ2) is 7.40. The quantitative estimate of drug-likeness (QED) is 0.457. The molecule has 1 aliphatic rings. The highest BCUT2D eigenvalue weighted by Crippen LogP contribution is 2.34. The van der Waals surface area contributed by atoms with E-state index >= 15 is 0 Å². The molecule has 7 heteroatoms. The number of hydrogen-bond donors (Lipinski definition) is 0. The Bertz CT molecular complexity index is 1240. The van der Waals surface area contributed by atoms with E-state index in [4.69, 9.17) is 4.98 Å². The lowest BCUT2D eigenvalue weighted by molar-refractivity contribution is 0.0714. The van der Waals surface area contributed by atoms with E-state index in [1.807, 2.05) is 32.0 Å². The average Bonchev–Trinajstić information content (AvgIpc) is 3.18. The Morgan fingerprint density at radius 3 is 2.53 bits per heavy atom. The Kier molecular flexibility index (Phi) is 4.70. The molecular formula is C23H21FN4OS. The largest absolute Gasteiger partial charge is 0.339 e. The number of rotatable bonds is 2. The number of carbonyl (C=O) groups is 1. The second-order valence-electron chi connectivity index (χ2n) is 7.80. The Balaban J connectivity index is 1.39. The summed E-state index contributed by atoms with van der Waals surface area (Å²) in [5.41, 5.74) is 3.70. The third kappa shape index (κ3) is 3.33. The lowest BCUT2D eigenvalue weighted by Gasteiger charge is -2.31. The minimum absolute atomic E-state index is 0.181. The summed E-state index contributed by atoms with van der Waals surface area (Å²) < 4.78 is 15.4. The van der Waals surface area contributed by atoms with Crippen molar-refractivity contribution in [1.29, 1.82) is 0 Å². The van der Waals surface area contributed by atoms with Gasteiger partial charge in [-0.05, 0) is 44.9 Å². The maximum Gasteiger partial charge on any atom is 0.256 e. The van der Waals surface area contributed by atoms with Gasteiger partial charge < -0.3 is 4.90 Å². The molecule has 2 aromatic carbocycles. The number of thiazole rings is 1. The molecule has 0 N–H and O–H groups in total. The number of aryl methyl sites for hydroxylation is 2. The molecule has 0 spiro atoms.